The maximum absolute atomic E-state index is 5.57. The SMILES string of the molecule is CC1(CCCN)Cc2ccccc2C1. The standard InChI is InChI=1S/C13H19N/c1-13(7-4-8-14)9-11-5-2-3-6-12(11)10-13/h2-3,5-6H,4,7-10,14H2,1H3. The molecule has 0 bridgehead atoms. The molecule has 14 heavy (non-hydrogen) atoms. The molecule has 2 rings (SSSR count). The number of nitrogens with two attached hydrogens (primary N) is 1. The van der Waals surface area contributed by atoms with Crippen LogP contribution < -0.4 is 5.73 Å². The van der Waals surface area contributed by atoms with Crippen LogP contribution >= 0.6 is 0 Å². The van der Waals surface area contributed by atoms with E-state index in [0.717, 1.165) is 13.0 Å². The van der Waals surface area contributed by atoms with Crippen molar-refractivity contribution in [2.75, 3.05) is 6.54 Å². The summed E-state index contributed by atoms with van der Waals surface area (Å²) in [6.45, 7) is 3.22. The smallest absolute Gasteiger partial charge is 0.00771 e. The van der Waals surface area contributed by atoms with E-state index in [1.165, 1.54) is 19.3 Å². The van der Waals surface area contributed by atoms with Gasteiger partial charge in [0.15, 0.2) is 0 Å². The van der Waals surface area contributed by atoms with E-state index >= 15 is 0 Å². The zero-order valence-electron chi connectivity index (χ0n) is 8.92. The molecule has 1 aromatic carbocycles. The van der Waals surface area contributed by atoms with Gasteiger partial charge in [0.25, 0.3) is 0 Å². The normalized spacial score (nSPS) is 18.1. The van der Waals surface area contributed by atoms with E-state index in [4.69, 9.17) is 5.73 Å². The van der Waals surface area contributed by atoms with Crippen molar-refractivity contribution in [3.05, 3.63) is 35.4 Å². The Morgan fingerprint density at radius 1 is 1.21 bits per heavy atom. The first kappa shape index (κ1) is 9.72. The number of hydrogen-bond acceptors (Lipinski definition) is 1. The largest absolute Gasteiger partial charge is 0.330 e. The molecular weight excluding hydrogens is 170 g/mol. The van der Waals surface area contributed by atoms with Gasteiger partial charge in [0, 0.05) is 0 Å². The highest BCUT2D eigenvalue weighted by molar-refractivity contribution is 5.33. The van der Waals surface area contributed by atoms with Gasteiger partial charge in [0.2, 0.25) is 0 Å². The minimum Gasteiger partial charge on any atom is -0.330 e. The van der Waals surface area contributed by atoms with Crippen molar-refractivity contribution in [1.82, 2.24) is 0 Å². The van der Waals surface area contributed by atoms with Crippen LogP contribution in [0, 0.1) is 5.41 Å². The summed E-state index contributed by atoms with van der Waals surface area (Å²) in [7, 11) is 0. The third-order valence-electron chi connectivity index (χ3n) is 3.34. The molecule has 0 aliphatic heterocycles. The van der Waals surface area contributed by atoms with Crippen LogP contribution in [0.2, 0.25) is 0 Å². The number of benzene rings is 1. The molecular formula is C13H19N. The summed E-state index contributed by atoms with van der Waals surface area (Å²) in [6, 6.07) is 8.83. The van der Waals surface area contributed by atoms with Crippen LogP contribution in [-0.2, 0) is 12.8 Å². The zero-order chi connectivity index (χ0) is 10.0. The predicted molar refractivity (Wildman–Crippen MR) is 60.2 cm³/mol. The average molecular weight is 189 g/mol. The summed E-state index contributed by atoms with van der Waals surface area (Å²) < 4.78 is 0. The van der Waals surface area contributed by atoms with Gasteiger partial charge in [-0.05, 0) is 48.8 Å². The Morgan fingerprint density at radius 3 is 2.29 bits per heavy atom. The molecule has 0 unspecified atom stereocenters. The van der Waals surface area contributed by atoms with Crippen molar-refractivity contribution in [1.29, 1.82) is 0 Å². The quantitative estimate of drug-likeness (QED) is 0.777. The van der Waals surface area contributed by atoms with Gasteiger partial charge in [-0.2, -0.15) is 0 Å². The summed E-state index contributed by atoms with van der Waals surface area (Å²) in [4.78, 5) is 0. The van der Waals surface area contributed by atoms with E-state index in [9.17, 15) is 0 Å². The van der Waals surface area contributed by atoms with Crippen molar-refractivity contribution in [3.63, 3.8) is 0 Å². The Hall–Kier alpha value is -0.820. The van der Waals surface area contributed by atoms with Gasteiger partial charge in [-0.3, -0.25) is 0 Å². The Kier molecular flexibility index (Phi) is 2.60. The van der Waals surface area contributed by atoms with Crippen LogP contribution in [0.25, 0.3) is 0 Å². The zero-order valence-corrected chi connectivity index (χ0v) is 8.92. The Balaban J connectivity index is 2.09. The monoisotopic (exact) mass is 189 g/mol. The molecule has 1 aliphatic carbocycles. The van der Waals surface area contributed by atoms with Gasteiger partial charge in [0.1, 0.15) is 0 Å². The first-order chi connectivity index (χ1) is 6.73. The highest BCUT2D eigenvalue weighted by Gasteiger charge is 2.31. The van der Waals surface area contributed by atoms with Crippen molar-refractivity contribution >= 4 is 0 Å². The van der Waals surface area contributed by atoms with Crippen molar-refractivity contribution in [3.8, 4) is 0 Å². The predicted octanol–water partition coefficient (Wildman–Crippen LogP) is 2.53. The number of rotatable bonds is 3. The molecule has 0 heterocycles. The highest BCUT2D eigenvalue weighted by Crippen LogP contribution is 2.39. The fourth-order valence-corrected chi connectivity index (χ4v) is 2.59. The summed E-state index contributed by atoms with van der Waals surface area (Å²) in [5.41, 5.74) is 9.14. The van der Waals surface area contributed by atoms with Gasteiger partial charge in [-0.25, -0.2) is 0 Å². The van der Waals surface area contributed by atoms with Crippen molar-refractivity contribution in [2.24, 2.45) is 11.1 Å². The molecule has 1 heteroatoms. The second kappa shape index (κ2) is 3.74. The molecule has 76 valence electrons. The summed E-state index contributed by atoms with van der Waals surface area (Å²) in [5, 5.41) is 0. The second-order valence-corrected chi connectivity index (χ2v) is 4.83. The number of hydrogen-bond donors (Lipinski definition) is 1. The fourth-order valence-electron chi connectivity index (χ4n) is 2.59. The minimum atomic E-state index is 0.475. The van der Waals surface area contributed by atoms with Crippen molar-refractivity contribution in [2.45, 2.75) is 32.6 Å². The lowest BCUT2D eigenvalue weighted by atomic mass is 9.82. The average Bonchev–Trinajstić information content (AvgIpc) is 2.51. The summed E-state index contributed by atoms with van der Waals surface area (Å²) in [5.74, 6) is 0. The molecule has 2 N–H and O–H groups in total. The molecule has 0 spiro atoms. The summed E-state index contributed by atoms with van der Waals surface area (Å²) in [6.07, 6.45) is 4.90. The third-order valence-corrected chi connectivity index (χ3v) is 3.34. The van der Waals surface area contributed by atoms with Crippen LogP contribution in [-0.4, -0.2) is 6.54 Å². The minimum absolute atomic E-state index is 0.475. The van der Waals surface area contributed by atoms with Crippen LogP contribution in [0.5, 0.6) is 0 Å². The first-order valence-electron chi connectivity index (χ1n) is 5.50. The lowest BCUT2D eigenvalue weighted by Crippen LogP contribution is -2.18. The second-order valence-electron chi connectivity index (χ2n) is 4.83. The van der Waals surface area contributed by atoms with Gasteiger partial charge in [-0.1, -0.05) is 31.2 Å². The van der Waals surface area contributed by atoms with Crippen LogP contribution in [0.1, 0.15) is 30.9 Å². The molecule has 0 saturated heterocycles. The van der Waals surface area contributed by atoms with Crippen LogP contribution in [0.15, 0.2) is 24.3 Å². The molecule has 0 fully saturated rings. The van der Waals surface area contributed by atoms with Gasteiger partial charge in [0.05, 0.1) is 0 Å². The fraction of sp³-hybridized carbons (Fsp3) is 0.538. The van der Waals surface area contributed by atoms with Gasteiger partial charge in [-0.15, -0.1) is 0 Å². The van der Waals surface area contributed by atoms with E-state index in [0.29, 0.717) is 5.41 Å². The van der Waals surface area contributed by atoms with Gasteiger partial charge >= 0.3 is 0 Å². The topological polar surface area (TPSA) is 26.0 Å². The van der Waals surface area contributed by atoms with E-state index in [2.05, 4.69) is 31.2 Å². The highest BCUT2D eigenvalue weighted by atomic mass is 14.5. The third kappa shape index (κ3) is 1.83. The van der Waals surface area contributed by atoms with Gasteiger partial charge < -0.3 is 5.73 Å². The van der Waals surface area contributed by atoms with Crippen LogP contribution in [0.3, 0.4) is 0 Å². The van der Waals surface area contributed by atoms with E-state index in [1.54, 1.807) is 11.1 Å². The summed E-state index contributed by atoms with van der Waals surface area (Å²) >= 11 is 0. The first-order valence-corrected chi connectivity index (χ1v) is 5.50. The molecule has 0 radical (unpaired) electrons. The maximum atomic E-state index is 5.57. The van der Waals surface area contributed by atoms with Crippen LogP contribution in [0.4, 0.5) is 0 Å². The van der Waals surface area contributed by atoms with E-state index < -0.39 is 0 Å². The molecule has 0 amide bonds. The molecule has 0 aromatic heterocycles. The van der Waals surface area contributed by atoms with E-state index in [1.807, 2.05) is 0 Å². The molecule has 1 aromatic rings. The molecule has 0 saturated carbocycles. The van der Waals surface area contributed by atoms with E-state index in [-0.39, 0.29) is 0 Å². The Morgan fingerprint density at radius 2 is 1.79 bits per heavy atom. The molecule has 0 atom stereocenters. The Labute approximate surface area is 86.3 Å². The maximum Gasteiger partial charge on any atom is -0.00771 e. The Bertz CT molecular complexity index is 292. The lowest BCUT2D eigenvalue weighted by Gasteiger charge is -2.22. The molecule has 1 nitrogen and oxygen atoms in total. The van der Waals surface area contributed by atoms with Crippen molar-refractivity contribution < 1.29 is 0 Å². The molecule has 1 aliphatic rings. The lowest BCUT2D eigenvalue weighted by molar-refractivity contribution is 0.309. The number of fused-ring (bicyclic) bond motifs is 1.